The third kappa shape index (κ3) is 5.49. The summed E-state index contributed by atoms with van der Waals surface area (Å²) in [5.74, 6) is 0.760. The van der Waals surface area contributed by atoms with Crippen LogP contribution in [-0.4, -0.2) is 30.7 Å². The molecule has 4 nitrogen and oxygen atoms in total. The number of nitrogens with two attached hydrogens (primary N) is 1. The lowest BCUT2D eigenvalue weighted by Crippen LogP contribution is -2.40. The van der Waals surface area contributed by atoms with Gasteiger partial charge in [-0.25, -0.2) is 0 Å². The van der Waals surface area contributed by atoms with E-state index in [1.165, 1.54) is 0 Å². The molecular formula is C15H30N2O2. The topological polar surface area (TPSA) is 75.4 Å². The summed E-state index contributed by atoms with van der Waals surface area (Å²) in [5.41, 5.74) is 5.83. The lowest BCUT2D eigenvalue weighted by atomic mass is 9.84. The van der Waals surface area contributed by atoms with Crippen molar-refractivity contribution >= 4 is 5.91 Å². The summed E-state index contributed by atoms with van der Waals surface area (Å²) in [5, 5.41) is 12.3. The summed E-state index contributed by atoms with van der Waals surface area (Å²) in [6, 6.07) is 0. The summed E-state index contributed by atoms with van der Waals surface area (Å²) < 4.78 is 0. The van der Waals surface area contributed by atoms with E-state index in [4.69, 9.17) is 5.73 Å². The molecule has 1 amide bonds. The summed E-state index contributed by atoms with van der Waals surface area (Å²) in [4.78, 5) is 12.2. The highest BCUT2D eigenvalue weighted by atomic mass is 16.3. The first-order valence-corrected chi connectivity index (χ1v) is 7.46. The average molecular weight is 270 g/mol. The Morgan fingerprint density at radius 1 is 1.37 bits per heavy atom. The van der Waals surface area contributed by atoms with E-state index in [-0.39, 0.29) is 23.8 Å². The van der Waals surface area contributed by atoms with Crippen molar-refractivity contribution < 1.29 is 9.90 Å². The smallest absolute Gasteiger partial charge is 0.224 e. The van der Waals surface area contributed by atoms with Crippen LogP contribution in [0.25, 0.3) is 0 Å². The zero-order valence-corrected chi connectivity index (χ0v) is 12.6. The van der Waals surface area contributed by atoms with Gasteiger partial charge in [-0.1, -0.05) is 27.2 Å². The standard InChI is InChI=1S/C15H30N2O2/c1-15(2,3)7-13(8-16)14(19)17-9-11-5-4-6-12(11)10-18/h11-13,18H,4-10,16H2,1-3H3,(H,17,19). The molecule has 0 aliphatic heterocycles. The van der Waals surface area contributed by atoms with Crippen LogP contribution in [0.15, 0.2) is 0 Å². The molecule has 0 heterocycles. The Labute approximate surface area is 117 Å². The van der Waals surface area contributed by atoms with Gasteiger partial charge in [0.25, 0.3) is 0 Å². The van der Waals surface area contributed by atoms with Crippen LogP contribution in [0.2, 0.25) is 0 Å². The van der Waals surface area contributed by atoms with Gasteiger partial charge in [0.2, 0.25) is 5.91 Å². The molecule has 0 aromatic rings. The summed E-state index contributed by atoms with van der Waals surface area (Å²) in [6.45, 7) is 7.70. The Kier molecular flexibility index (Phi) is 6.27. The van der Waals surface area contributed by atoms with Crippen LogP contribution in [0, 0.1) is 23.2 Å². The monoisotopic (exact) mass is 270 g/mol. The van der Waals surface area contributed by atoms with E-state index in [1.54, 1.807) is 0 Å². The molecule has 0 aromatic heterocycles. The highest BCUT2D eigenvalue weighted by Gasteiger charge is 2.28. The second-order valence-electron chi connectivity index (χ2n) is 7.08. The number of amides is 1. The maximum atomic E-state index is 12.2. The predicted octanol–water partition coefficient (Wildman–Crippen LogP) is 1.52. The quantitative estimate of drug-likeness (QED) is 0.685. The van der Waals surface area contributed by atoms with Gasteiger partial charge < -0.3 is 16.2 Å². The van der Waals surface area contributed by atoms with Crippen LogP contribution >= 0.6 is 0 Å². The molecule has 1 aliphatic rings. The summed E-state index contributed by atoms with van der Waals surface area (Å²) in [6.07, 6.45) is 4.16. The van der Waals surface area contributed by atoms with E-state index < -0.39 is 0 Å². The minimum atomic E-state index is -0.103. The zero-order chi connectivity index (χ0) is 14.5. The molecule has 112 valence electrons. The highest BCUT2D eigenvalue weighted by molar-refractivity contribution is 5.78. The van der Waals surface area contributed by atoms with Crippen LogP contribution in [-0.2, 0) is 4.79 Å². The third-order valence-electron chi connectivity index (χ3n) is 4.10. The number of nitrogens with one attached hydrogen (secondary N) is 1. The average Bonchev–Trinajstić information content (AvgIpc) is 2.79. The molecule has 0 radical (unpaired) electrons. The molecule has 0 saturated heterocycles. The van der Waals surface area contributed by atoms with Crippen LogP contribution in [0.3, 0.4) is 0 Å². The van der Waals surface area contributed by atoms with Crippen LogP contribution in [0.1, 0.15) is 46.5 Å². The van der Waals surface area contributed by atoms with Gasteiger partial charge in [-0.3, -0.25) is 4.79 Å². The Morgan fingerprint density at radius 3 is 2.53 bits per heavy atom. The predicted molar refractivity (Wildman–Crippen MR) is 77.5 cm³/mol. The molecule has 4 heteroatoms. The number of carbonyl (C=O) groups is 1. The minimum absolute atomic E-state index is 0.0704. The summed E-state index contributed by atoms with van der Waals surface area (Å²) in [7, 11) is 0. The molecule has 1 aliphatic carbocycles. The molecule has 3 atom stereocenters. The van der Waals surface area contributed by atoms with Gasteiger partial charge in [0.05, 0.1) is 5.92 Å². The molecule has 1 rings (SSSR count). The van der Waals surface area contributed by atoms with Crippen molar-refractivity contribution in [3.8, 4) is 0 Å². The van der Waals surface area contributed by atoms with Crippen molar-refractivity contribution in [1.82, 2.24) is 5.32 Å². The molecule has 0 aromatic carbocycles. The van der Waals surface area contributed by atoms with Gasteiger partial charge in [0, 0.05) is 19.7 Å². The normalized spacial score (nSPS) is 25.3. The van der Waals surface area contributed by atoms with Crippen molar-refractivity contribution in [3.63, 3.8) is 0 Å². The number of aliphatic hydroxyl groups is 1. The Morgan fingerprint density at radius 2 is 2.00 bits per heavy atom. The fraction of sp³-hybridized carbons (Fsp3) is 0.933. The number of hydrogen-bond donors (Lipinski definition) is 3. The first-order valence-electron chi connectivity index (χ1n) is 7.46. The Bertz CT molecular complexity index is 286. The van der Waals surface area contributed by atoms with Crippen molar-refractivity contribution in [3.05, 3.63) is 0 Å². The fourth-order valence-corrected chi connectivity index (χ4v) is 3.02. The van der Waals surface area contributed by atoms with Gasteiger partial charge in [0.15, 0.2) is 0 Å². The maximum absolute atomic E-state index is 12.2. The van der Waals surface area contributed by atoms with E-state index in [1.807, 2.05) is 0 Å². The first-order chi connectivity index (χ1) is 8.87. The highest BCUT2D eigenvalue weighted by Crippen LogP contribution is 2.31. The lowest BCUT2D eigenvalue weighted by molar-refractivity contribution is -0.125. The van der Waals surface area contributed by atoms with Gasteiger partial charge >= 0.3 is 0 Å². The van der Waals surface area contributed by atoms with Gasteiger partial charge in [-0.15, -0.1) is 0 Å². The fourth-order valence-electron chi connectivity index (χ4n) is 3.02. The molecule has 4 N–H and O–H groups in total. The molecular weight excluding hydrogens is 240 g/mol. The minimum Gasteiger partial charge on any atom is -0.396 e. The molecule has 0 spiro atoms. The zero-order valence-electron chi connectivity index (χ0n) is 12.6. The Hall–Kier alpha value is -0.610. The van der Waals surface area contributed by atoms with Crippen LogP contribution < -0.4 is 11.1 Å². The van der Waals surface area contributed by atoms with Crippen LogP contribution in [0.5, 0.6) is 0 Å². The van der Waals surface area contributed by atoms with Crippen molar-refractivity contribution in [2.75, 3.05) is 19.7 Å². The van der Waals surface area contributed by atoms with Gasteiger partial charge in [0.1, 0.15) is 0 Å². The number of rotatable bonds is 6. The first kappa shape index (κ1) is 16.4. The van der Waals surface area contributed by atoms with E-state index in [0.29, 0.717) is 24.9 Å². The number of aliphatic hydroxyl groups excluding tert-OH is 1. The maximum Gasteiger partial charge on any atom is 0.224 e. The third-order valence-corrected chi connectivity index (χ3v) is 4.10. The van der Waals surface area contributed by atoms with E-state index >= 15 is 0 Å². The largest absolute Gasteiger partial charge is 0.396 e. The summed E-state index contributed by atoms with van der Waals surface area (Å²) >= 11 is 0. The Balaban J connectivity index is 2.40. The lowest BCUT2D eigenvalue weighted by Gasteiger charge is -2.25. The molecule has 3 unspecified atom stereocenters. The SMILES string of the molecule is CC(C)(C)CC(CN)C(=O)NCC1CCCC1CO. The molecule has 19 heavy (non-hydrogen) atoms. The van der Waals surface area contributed by atoms with Crippen molar-refractivity contribution in [2.45, 2.75) is 46.5 Å². The number of carbonyl (C=O) groups excluding carboxylic acids is 1. The van der Waals surface area contributed by atoms with E-state index in [2.05, 4.69) is 26.1 Å². The molecule has 1 saturated carbocycles. The van der Waals surface area contributed by atoms with E-state index in [0.717, 1.165) is 25.7 Å². The van der Waals surface area contributed by atoms with E-state index in [9.17, 15) is 9.90 Å². The van der Waals surface area contributed by atoms with Crippen molar-refractivity contribution in [1.29, 1.82) is 0 Å². The molecule has 1 fully saturated rings. The second kappa shape index (κ2) is 7.25. The number of hydrogen-bond acceptors (Lipinski definition) is 3. The second-order valence-corrected chi connectivity index (χ2v) is 7.08. The van der Waals surface area contributed by atoms with Gasteiger partial charge in [-0.2, -0.15) is 0 Å². The van der Waals surface area contributed by atoms with Gasteiger partial charge in [-0.05, 0) is 36.5 Å². The van der Waals surface area contributed by atoms with Crippen molar-refractivity contribution in [2.24, 2.45) is 28.9 Å². The van der Waals surface area contributed by atoms with Crippen LogP contribution in [0.4, 0.5) is 0 Å². The molecule has 0 bridgehead atoms.